The van der Waals surface area contributed by atoms with Crippen LogP contribution >= 0.6 is 0 Å². The van der Waals surface area contributed by atoms with Gasteiger partial charge in [0.25, 0.3) is 5.69 Å². The Bertz CT molecular complexity index is 649. The second-order valence-corrected chi connectivity index (χ2v) is 3.87. The first kappa shape index (κ1) is 13.5. The van der Waals surface area contributed by atoms with Crippen LogP contribution in [0.5, 0.6) is 0 Å². The molecule has 0 amide bonds. The molecule has 0 aromatic heterocycles. The second kappa shape index (κ2) is 6.33. The Labute approximate surface area is 115 Å². The minimum absolute atomic E-state index is 0.0299. The van der Waals surface area contributed by atoms with Crippen LogP contribution in [0.4, 0.5) is 11.4 Å². The highest BCUT2D eigenvalue weighted by Crippen LogP contribution is 2.19. The Morgan fingerprint density at radius 1 is 1.05 bits per heavy atom. The van der Waals surface area contributed by atoms with E-state index in [0.717, 1.165) is 5.56 Å². The third kappa shape index (κ3) is 3.32. The Morgan fingerprint density at radius 2 is 1.70 bits per heavy atom. The normalized spacial score (nSPS) is 11.8. The van der Waals surface area contributed by atoms with E-state index in [0.29, 0.717) is 11.5 Å². The molecular formula is C14H12N4O2. The molecule has 0 saturated carbocycles. The van der Waals surface area contributed by atoms with Gasteiger partial charge in [-0.3, -0.25) is 10.1 Å². The van der Waals surface area contributed by atoms with E-state index in [9.17, 15) is 10.1 Å². The van der Waals surface area contributed by atoms with Crippen molar-refractivity contribution in [1.29, 1.82) is 0 Å². The number of azo groups is 1. The van der Waals surface area contributed by atoms with Gasteiger partial charge in [-0.05, 0) is 12.1 Å². The van der Waals surface area contributed by atoms with E-state index in [1.165, 1.54) is 12.1 Å². The van der Waals surface area contributed by atoms with Crippen molar-refractivity contribution in [2.45, 2.75) is 0 Å². The Hall–Kier alpha value is -2.89. The van der Waals surface area contributed by atoms with Gasteiger partial charge in [0.2, 0.25) is 0 Å². The molecule has 0 saturated heterocycles. The van der Waals surface area contributed by atoms with Gasteiger partial charge in [0, 0.05) is 24.7 Å². The van der Waals surface area contributed by atoms with Gasteiger partial charge >= 0.3 is 0 Å². The lowest BCUT2D eigenvalue weighted by Crippen LogP contribution is -1.95. The molecule has 0 radical (unpaired) electrons. The third-order valence-corrected chi connectivity index (χ3v) is 2.52. The summed E-state index contributed by atoms with van der Waals surface area (Å²) in [6.07, 6.45) is 0. The van der Waals surface area contributed by atoms with Crippen molar-refractivity contribution < 1.29 is 4.92 Å². The summed E-state index contributed by atoms with van der Waals surface area (Å²) < 4.78 is 0. The van der Waals surface area contributed by atoms with Crippen LogP contribution in [0.1, 0.15) is 5.56 Å². The molecule has 2 aromatic rings. The molecule has 0 unspecified atom stereocenters. The molecule has 2 rings (SSSR count). The summed E-state index contributed by atoms with van der Waals surface area (Å²) in [5, 5.41) is 18.3. The lowest BCUT2D eigenvalue weighted by atomic mass is 10.2. The zero-order valence-corrected chi connectivity index (χ0v) is 10.8. The lowest BCUT2D eigenvalue weighted by molar-refractivity contribution is -0.384. The van der Waals surface area contributed by atoms with Crippen LogP contribution in [0.25, 0.3) is 0 Å². The standard InChI is InChI=1S/C14H12N4O2/c1-15-17-14(11-5-3-2-4-6-11)16-12-7-9-13(10-8-12)18(19)20/h2-10H,1H3. The summed E-state index contributed by atoms with van der Waals surface area (Å²) in [6, 6.07) is 15.4. The fourth-order valence-corrected chi connectivity index (χ4v) is 1.60. The average molecular weight is 268 g/mol. The topological polar surface area (TPSA) is 80.2 Å². The zero-order chi connectivity index (χ0) is 14.4. The van der Waals surface area contributed by atoms with Gasteiger partial charge in [0.1, 0.15) is 0 Å². The van der Waals surface area contributed by atoms with Gasteiger partial charge in [0.15, 0.2) is 5.84 Å². The second-order valence-electron chi connectivity index (χ2n) is 3.87. The number of nitro benzene ring substituents is 1. The zero-order valence-electron chi connectivity index (χ0n) is 10.8. The molecule has 2 aromatic carbocycles. The molecule has 0 heterocycles. The van der Waals surface area contributed by atoms with E-state index in [4.69, 9.17) is 0 Å². The predicted molar refractivity (Wildman–Crippen MR) is 76.5 cm³/mol. The molecule has 0 atom stereocenters. The van der Waals surface area contributed by atoms with Gasteiger partial charge in [-0.1, -0.05) is 30.3 Å². The van der Waals surface area contributed by atoms with Crippen molar-refractivity contribution in [2.24, 2.45) is 15.2 Å². The van der Waals surface area contributed by atoms with Crippen molar-refractivity contribution in [3.63, 3.8) is 0 Å². The Balaban J connectivity index is 2.36. The predicted octanol–water partition coefficient (Wildman–Crippen LogP) is 3.76. The Morgan fingerprint density at radius 3 is 2.25 bits per heavy atom. The summed E-state index contributed by atoms with van der Waals surface area (Å²) in [7, 11) is 1.56. The molecule has 6 nitrogen and oxygen atoms in total. The highest BCUT2D eigenvalue weighted by molar-refractivity contribution is 6.00. The maximum atomic E-state index is 10.6. The monoisotopic (exact) mass is 268 g/mol. The summed E-state index contributed by atoms with van der Waals surface area (Å²) in [5.74, 6) is 0.460. The largest absolute Gasteiger partial charge is 0.269 e. The maximum absolute atomic E-state index is 10.6. The van der Waals surface area contributed by atoms with Crippen LogP contribution in [-0.4, -0.2) is 17.8 Å². The molecule has 0 aliphatic rings. The SMILES string of the molecule is CN=NC(=Nc1ccc([N+](=O)[O-])cc1)c1ccccc1. The van der Waals surface area contributed by atoms with Crippen molar-refractivity contribution in [2.75, 3.05) is 7.05 Å². The molecule has 0 spiro atoms. The van der Waals surface area contributed by atoms with Crippen LogP contribution in [0.15, 0.2) is 69.8 Å². The van der Waals surface area contributed by atoms with Gasteiger partial charge in [0.05, 0.1) is 10.6 Å². The highest BCUT2D eigenvalue weighted by Gasteiger charge is 2.05. The van der Waals surface area contributed by atoms with Gasteiger partial charge in [-0.2, -0.15) is 5.11 Å². The smallest absolute Gasteiger partial charge is 0.258 e. The molecule has 20 heavy (non-hydrogen) atoms. The number of hydrogen-bond acceptors (Lipinski definition) is 4. The van der Waals surface area contributed by atoms with Crippen molar-refractivity contribution in [3.8, 4) is 0 Å². The molecule has 0 bridgehead atoms. The summed E-state index contributed by atoms with van der Waals surface area (Å²) in [5.41, 5.74) is 1.45. The van der Waals surface area contributed by atoms with E-state index in [1.807, 2.05) is 30.3 Å². The van der Waals surface area contributed by atoms with Gasteiger partial charge < -0.3 is 0 Å². The minimum atomic E-state index is -0.447. The molecule has 0 N–H and O–H groups in total. The molecule has 100 valence electrons. The van der Waals surface area contributed by atoms with Crippen molar-refractivity contribution in [1.82, 2.24) is 0 Å². The van der Waals surface area contributed by atoms with E-state index in [2.05, 4.69) is 15.2 Å². The van der Waals surface area contributed by atoms with Crippen LogP contribution in [-0.2, 0) is 0 Å². The minimum Gasteiger partial charge on any atom is -0.258 e. The first-order valence-corrected chi connectivity index (χ1v) is 5.89. The average Bonchev–Trinajstić information content (AvgIpc) is 2.48. The van der Waals surface area contributed by atoms with Crippen molar-refractivity contribution in [3.05, 3.63) is 70.3 Å². The lowest BCUT2D eigenvalue weighted by Gasteiger charge is -2.00. The van der Waals surface area contributed by atoms with Gasteiger partial charge in [-0.15, -0.1) is 5.11 Å². The van der Waals surface area contributed by atoms with Crippen LogP contribution < -0.4 is 0 Å². The number of amidine groups is 1. The number of hydrogen-bond donors (Lipinski definition) is 0. The van der Waals surface area contributed by atoms with Crippen molar-refractivity contribution >= 4 is 17.2 Å². The first-order chi connectivity index (χ1) is 9.70. The summed E-state index contributed by atoms with van der Waals surface area (Å²) in [6.45, 7) is 0. The Kier molecular flexibility index (Phi) is 4.28. The number of rotatable bonds is 3. The molecule has 0 fully saturated rings. The van der Waals surface area contributed by atoms with E-state index in [-0.39, 0.29) is 5.69 Å². The molecular weight excluding hydrogens is 256 g/mol. The van der Waals surface area contributed by atoms with Crippen LogP contribution in [0, 0.1) is 10.1 Å². The number of aliphatic imine (C=N–C) groups is 1. The molecule has 6 heteroatoms. The van der Waals surface area contributed by atoms with E-state index >= 15 is 0 Å². The quantitative estimate of drug-likeness (QED) is 0.279. The maximum Gasteiger partial charge on any atom is 0.269 e. The van der Waals surface area contributed by atoms with Gasteiger partial charge in [-0.25, -0.2) is 4.99 Å². The van der Waals surface area contributed by atoms with E-state index < -0.39 is 4.92 Å². The molecule has 0 aliphatic carbocycles. The van der Waals surface area contributed by atoms with Crippen LogP contribution in [0.3, 0.4) is 0 Å². The summed E-state index contributed by atoms with van der Waals surface area (Å²) >= 11 is 0. The molecule has 0 aliphatic heterocycles. The van der Waals surface area contributed by atoms with Crippen LogP contribution in [0.2, 0.25) is 0 Å². The number of nitrogens with zero attached hydrogens (tertiary/aromatic N) is 4. The number of benzene rings is 2. The number of non-ortho nitro benzene ring substituents is 1. The van der Waals surface area contributed by atoms with E-state index in [1.54, 1.807) is 19.2 Å². The first-order valence-electron chi connectivity index (χ1n) is 5.89. The summed E-state index contributed by atoms with van der Waals surface area (Å²) in [4.78, 5) is 14.5. The third-order valence-electron chi connectivity index (χ3n) is 2.52. The highest BCUT2D eigenvalue weighted by atomic mass is 16.6. The number of nitro groups is 1. The fraction of sp³-hybridized carbons (Fsp3) is 0.0714. The fourth-order valence-electron chi connectivity index (χ4n) is 1.60.